The first-order valence-corrected chi connectivity index (χ1v) is 14.4. The molecule has 0 radical (unpaired) electrons. The van der Waals surface area contributed by atoms with E-state index < -0.39 is 5.41 Å². The highest BCUT2D eigenvalue weighted by molar-refractivity contribution is 5.79. The van der Waals surface area contributed by atoms with Crippen LogP contribution < -0.4 is 4.74 Å². The normalized spacial score (nSPS) is 21.5. The summed E-state index contributed by atoms with van der Waals surface area (Å²) in [5.41, 5.74) is 4.16. The monoisotopic (exact) mass is 498 g/mol. The molecular formula is C33H54O3. The second kappa shape index (κ2) is 11.8. The van der Waals surface area contributed by atoms with Crippen LogP contribution in [0.25, 0.3) is 0 Å². The Hall–Kier alpha value is -1.61. The zero-order valence-electron chi connectivity index (χ0n) is 25.3. The molecular weight excluding hydrogens is 444 g/mol. The standard InChI is InChI=1S/C33H54O3/c1-13-25-21-27(20-24(8)29(25)35-30(34)32(11,14-2)15-3)31(9,10)26-18-22(6)28(23(7)19-26)36-33(12,16-4)17-5/h20-21,23,26,28H,6,13-19H2,1-5,7-12H3. The molecule has 1 saturated carbocycles. The third kappa shape index (κ3) is 6.26. The van der Waals surface area contributed by atoms with E-state index in [4.69, 9.17) is 9.47 Å². The quantitative estimate of drug-likeness (QED) is 0.173. The van der Waals surface area contributed by atoms with Crippen molar-refractivity contribution in [3.8, 4) is 5.75 Å². The number of carbonyl (C=O) groups excluding carboxylic acids is 1. The van der Waals surface area contributed by atoms with Crippen LogP contribution >= 0.6 is 0 Å². The van der Waals surface area contributed by atoms with Crippen molar-refractivity contribution in [3.05, 3.63) is 41.0 Å². The maximum Gasteiger partial charge on any atom is 0.317 e. The lowest BCUT2D eigenvalue weighted by Crippen LogP contribution is -2.43. The molecule has 1 aliphatic carbocycles. The van der Waals surface area contributed by atoms with Gasteiger partial charge in [-0.25, -0.2) is 0 Å². The van der Waals surface area contributed by atoms with Gasteiger partial charge in [-0.3, -0.25) is 4.79 Å². The third-order valence-corrected chi connectivity index (χ3v) is 9.74. The Kier molecular flexibility index (Phi) is 10.1. The highest BCUT2D eigenvalue weighted by Crippen LogP contribution is 2.47. The lowest BCUT2D eigenvalue weighted by atomic mass is 9.63. The van der Waals surface area contributed by atoms with Gasteiger partial charge in [0, 0.05) is 0 Å². The topological polar surface area (TPSA) is 35.5 Å². The lowest BCUT2D eigenvalue weighted by molar-refractivity contribution is -0.145. The second-order valence-corrected chi connectivity index (χ2v) is 12.5. The molecule has 3 atom stereocenters. The Bertz CT molecular complexity index is 917. The summed E-state index contributed by atoms with van der Waals surface area (Å²) >= 11 is 0. The Balaban J connectivity index is 2.32. The molecule has 0 aromatic heterocycles. The van der Waals surface area contributed by atoms with Gasteiger partial charge in [0.15, 0.2) is 0 Å². The third-order valence-electron chi connectivity index (χ3n) is 9.74. The molecule has 1 aliphatic rings. The van der Waals surface area contributed by atoms with E-state index in [1.165, 1.54) is 11.1 Å². The van der Waals surface area contributed by atoms with E-state index in [1.807, 2.05) is 6.92 Å². The van der Waals surface area contributed by atoms with Gasteiger partial charge in [0.1, 0.15) is 5.75 Å². The Morgan fingerprint density at radius 1 is 1.00 bits per heavy atom. The minimum Gasteiger partial charge on any atom is -0.426 e. The smallest absolute Gasteiger partial charge is 0.317 e. The molecule has 0 spiro atoms. The van der Waals surface area contributed by atoms with Gasteiger partial charge in [-0.05, 0) is 105 Å². The van der Waals surface area contributed by atoms with E-state index in [2.05, 4.69) is 87.9 Å². The highest BCUT2D eigenvalue weighted by atomic mass is 16.5. The molecule has 3 heteroatoms. The fraction of sp³-hybridized carbons (Fsp3) is 0.727. The van der Waals surface area contributed by atoms with E-state index in [0.717, 1.165) is 61.8 Å². The van der Waals surface area contributed by atoms with E-state index in [-0.39, 0.29) is 23.1 Å². The van der Waals surface area contributed by atoms with Crippen LogP contribution in [-0.2, 0) is 21.4 Å². The summed E-state index contributed by atoms with van der Waals surface area (Å²) in [5, 5.41) is 0. The van der Waals surface area contributed by atoms with Crippen LogP contribution in [0.15, 0.2) is 24.3 Å². The summed E-state index contributed by atoms with van der Waals surface area (Å²) < 4.78 is 12.7. The largest absolute Gasteiger partial charge is 0.426 e. The Labute approximate surface area is 222 Å². The van der Waals surface area contributed by atoms with Crippen LogP contribution in [0, 0.1) is 24.2 Å². The number of aryl methyl sites for hydroxylation is 2. The van der Waals surface area contributed by atoms with Gasteiger partial charge in [-0.2, -0.15) is 0 Å². The number of hydrogen-bond donors (Lipinski definition) is 0. The Morgan fingerprint density at radius 3 is 2.06 bits per heavy atom. The van der Waals surface area contributed by atoms with E-state index in [9.17, 15) is 4.79 Å². The molecule has 0 heterocycles. The highest BCUT2D eigenvalue weighted by Gasteiger charge is 2.42. The minimum absolute atomic E-state index is 0.0282. The number of benzene rings is 1. The molecule has 0 amide bonds. The molecule has 0 saturated heterocycles. The van der Waals surface area contributed by atoms with Crippen molar-refractivity contribution < 1.29 is 14.3 Å². The van der Waals surface area contributed by atoms with Gasteiger partial charge in [-0.1, -0.05) is 74.1 Å². The van der Waals surface area contributed by atoms with Crippen molar-refractivity contribution in [2.75, 3.05) is 0 Å². The molecule has 0 aliphatic heterocycles. The molecule has 0 bridgehead atoms. The van der Waals surface area contributed by atoms with Crippen molar-refractivity contribution in [3.63, 3.8) is 0 Å². The number of esters is 1. The fourth-order valence-corrected chi connectivity index (χ4v) is 5.58. The number of ether oxygens (including phenoxy) is 2. The molecule has 1 fully saturated rings. The fourth-order valence-electron chi connectivity index (χ4n) is 5.58. The average Bonchev–Trinajstić information content (AvgIpc) is 2.86. The number of carbonyl (C=O) groups is 1. The summed E-state index contributed by atoms with van der Waals surface area (Å²) in [6.45, 7) is 28.6. The van der Waals surface area contributed by atoms with Crippen LogP contribution in [-0.4, -0.2) is 17.7 Å². The maximum absolute atomic E-state index is 13.0. The van der Waals surface area contributed by atoms with Crippen LogP contribution in [0.3, 0.4) is 0 Å². The Morgan fingerprint density at radius 2 is 1.58 bits per heavy atom. The first-order valence-electron chi connectivity index (χ1n) is 14.4. The predicted octanol–water partition coefficient (Wildman–Crippen LogP) is 9.13. The van der Waals surface area contributed by atoms with Crippen molar-refractivity contribution in [2.24, 2.45) is 17.3 Å². The summed E-state index contributed by atoms with van der Waals surface area (Å²) in [4.78, 5) is 13.0. The predicted molar refractivity (Wildman–Crippen MR) is 153 cm³/mol. The van der Waals surface area contributed by atoms with E-state index in [0.29, 0.717) is 11.8 Å². The molecule has 204 valence electrons. The van der Waals surface area contributed by atoms with Crippen LogP contribution in [0.4, 0.5) is 0 Å². The summed E-state index contributed by atoms with van der Waals surface area (Å²) in [6, 6.07) is 4.53. The van der Waals surface area contributed by atoms with Crippen molar-refractivity contribution in [1.82, 2.24) is 0 Å². The molecule has 1 aromatic carbocycles. The van der Waals surface area contributed by atoms with Gasteiger partial charge in [0.05, 0.1) is 17.1 Å². The van der Waals surface area contributed by atoms with Crippen LogP contribution in [0.2, 0.25) is 0 Å². The molecule has 36 heavy (non-hydrogen) atoms. The molecule has 3 unspecified atom stereocenters. The summed E-state index contributed by atoms with van der Waals surface area (Å²) in [5.74, 6) is 1.55. The van der Waals surface area contributed by atoms with Gasteiger partial charge in [0.25, 0.3) is 0 Å². The number of rotatable bonds is 11. The first kappa shape index (κ1) is 30.6. The van der Waals surface area contributed by atoms with Gasteiger partial charge < -0.3 is 9.47 Å². The van der Waals surface area contributed by atoms with Gasteiger partial charge >= 0.3 is 5.97 Å². The zero-order valence-corrected chi connectivity index (χ0v) is 25.3. The SMILES string of the molecule is C=C1CC(C(C)(C)c2cc(C)c(OC(=O)C(C)(CC)CC)c(CC)c2)CC(C)C1OC(C)(CC)CC. The van der Waals surface area contributed by atoms with Gasteiger partial charge in [0.2, 0.25) is 0 Å². The molecule has 1 aromatic rings. The average molecular weight is 499 g/mol. The second-order valence-electron chi connectivity index (χ2n) is 12.5. The van der Waals surface area contributed by atoms with Crippen molar-refractivity contribution in [2.45, 2.75) is 138 Å². The van der Waals surface area contributed by atoms with Crippen LogP contribution in [0.1, 0.15) is 124 Å². The van der Waals surface area contributed by atoms with Crippen LogP contribution in [0.5, 0.6) is 5.75 Å². The van der Waals surface area contributed by atoms with Gasteiger partial charge in [-0.15, -0.1) is 0 Å². The molecule has 0 N–H and O–H groups in total. The zero-order chi connectivity index (χ0) is 27.5. The minimum atomic E-state index is -0.446. The van der Waals surface area contributed by atoms with E-state index >= 15 is 0 Å². The number of hydrogen-bond acceptors (Lipinski definition) is 3. The first-order chi connectivity index (χ1) is 16.7. The van der Waals surface area contributed by atoms with E-state index in [1.54, 1.807) is 0 Å². The van der Waals surface area contributed by atoms with Crippen molar-refractivity contribution >= 4 is 5.97 Å². The summed E-state index contributed by atoms with van der Waals surface area (Å²) in [6.07, 6.45) is 6.63. The maximum atomic E-state index is 13.0. The van der Waals surface area contributed by atoms with Crippen molar-refractivity contribution in [1.29, 1.82) is 0 Å². The lowest BCUT2D eigenvalue weighted by Gasteiger charge is -2.46. The molecule has 2 rings (SSSR count). The molecule has 3 nitrogen and oxygen atoms in total. The summed E-state index contributed by atoms with van der Waals surface area (Å²) in [7, 11) is 0.